The summed E-state index contributed by atoms with van der Waals surface area (Å²) >= 11 is 6.19. The molecule has 1 aromatic heterocycles. The van der Waals surface area contributed by atoms with Crippen molar-refractivity contribution in [2.24, 2.45) is 0 Å². The number of benzene rings is 3. The van der Waals surface area contributed by atoms with Gasteiger partial charge in [-0.25, -0.2) is 4.39 Å². The van der Waals surface area contributed by atoms with Crippen LogP contribution in [0.2, 0.25) is 5.02 Å². The van der Waals surface area contributed by atoms with E-state index >= 15 is 0 Å². The van der Waals surface area contributed by atoms with Crippen LogP contribution in [0, 0.1) is 5.82 Å². The van der Waals surface area contributed by atoms with Gasteiger partial charge in [0.1, 0.15) is 11.6 Å². The number of H-pyrrole nitrogens is 1. The van der Waals surface area contributed by atoms with E-state index in [1.807, 2.05) is 30.3 Å². The van der Waals surface area contributed by atoms with Crippen LogP contribution in [0.25, 0.3) is 28.1 Å². The van der Waals surface area contributed by atoms with Crippen molar-refractivity contribution in [3.05, 3.63) is 105 Å². The summed E-state index contributed by atoms with van der Waals surface area (Å²) in [5.74, 6) is -0.710. The molecule has 0 spiro atoms. The summed E-state index contributed by atoms with van der Waals surface area (Å²) in [6.07, 6.45) is 2.53. The van der Waals surface area contributed by atoms with E-state index in [1.165, 1.54) is 31.4 Å². The normalized spacial score (nSPS) is 11.2. The van der Waals surface area contributed by atoms with Crippen LogP contribution in [0.15, 0.2) is 77.6 Å². The average molecular weight is 434 g/mol. The minimum absolute atomic E-state index is 0.0360. The average Bonchev–Trinajstić information content (AvgIpc) is 2.78. The van der Waals surface area contributed by atoms with Crippen LogP contribution in [-0.4, -0.2) is 17.9 Å². The fraction of sp³-hybridized carbons (Fsp3) is 0.0400. The second-order valence-corrected chi connectivity index (χ2v) is 7.28. The lowest BCUT2D eigenvalue weighted by molar-refractivity contribution is 0.104. The molecular weight excluding hydrogens is 417 g/mol. The van der Waals surface area contributed by atoms with Crippen LogP contribution in [0.5, 0.6) is 5.75 Å². The molecule has 0 amide bonds. The number of fused-ring (bicyclic) bond motifs is 1. The van der Waals surface area contributed by atoms with Gasteiger partial charge in [-0.3, -0.25) is 9.59 Å². The number of nitrogens with one attached hydrogen (secondary N) is 1. The van der Waals surface area contributed by atoms with Crippen molar-refractivity contribution in [1.29, 1.82) is 0 Å². The Labute approximate surface area is 182 Å². The quantitative estimate of drug-likeness (QED) is 0.315. The number of ether oxygens (including phenoxy) is 1. The van der Waals surface area contributed by atoms with Crippen molar-refractivity contribution in [3.8, 4) is 16.9 Å². The van der Waals surface area contributed by atoms with Gasteiger partial charge >= 0.3 is 0 Å². The maximum atomic E-state index is 14.2. The van der Waals surface area contributed by atoms with Gasteiger partial charge in [-0.05, 0) is 48.0 Å². The van der Waals surface area contributed by atoms with E-state index in [9.17, 15) is 14.0 Å². The Morgan fingerprint density at radius 1 is 1.06 bits per heavy atom. The number of hydrogen-bond acceptors (Lipinski definition) is 3. The lowest BCUT2D eigenvalue weighted by Gasteiger charge is -2.11. The van der Waals surface area contributed by atoms with Crippen LogP contribution >= 0.6 is 11.6 Å². The molecule has 0 aliphatic carbocycles. The van der Waals surface area contributed by atoms with Crippen LogP contribution in [0.1, 0.15) is 15.9 Å². The highest BCUT2D eigenvalue weighted by molar-refractivity contribution is 6.31. The molecule has 0 unspecified atom stereocenters. The molecule has 31 heavy (non-hydrogen) atoms. The number of hydrogen-bond donors (Lipinski definition) is 1. The standard InChI is InChI=1S/C25H17ClFNO3/c1-31-18-10-7-15(20(27)14-18)8-12-22(29)24-23(16-5-3-2-4-6-16)19-13-17(26)9-11-21(19)28-25(24)30/h2-14H,1H3,(H,28,30)/b12-8+. The Morgan fingerprint density at radius 3 is 2.55 bits per heavy atom. The summed E-state index contributed by atoms with van der Waals surface area (Å²) in [5.41, 5.74) is 1.38. The number of halogens is 2. The van der Waals surface area contributed by atoms with E-state index in [1.54, 1.807) is 24.3 Å². The molecule has 0 bridgehead atoms. The van der Waals surface area contributed by atoms with E-state index in [2.05, 4.69) is 4.98 Å². The number of pyridine rings is 1. The Kier molecular flexibility index (Phi) is 5.69. The first-order chi connectivity index (χ1) is 15.0. The van der Waals surface area contributed by atoms with Crippen molar-refractivity contribution in [2.45, 2.75) is 0 Å². The predicted octanol–water partition coefficient (Wildman–Crippen LogP) is 5.89. The molecule has 4 aromatic rings. The van der Waals surface area contributed by atoms with Gasteiger partial charge in [0, 0.05) is 33.1 Å². The third kappa shape index (κ3) is 4.13. The van der Waals surface area contributed by atoms with Crippen molar-refractivity contribution in [3.63, 3.8) is 0 Å². The second kappa shape index (κ2) is 8.58. The Hall–Kier alpha value is -3.70. The van der Waals surface area contributed by atoms with Crippen LogP contribution in [-0.2, 0) is 0 Å². The molecule has 3 aromatic carbocycles. The smallest absolute Gasteiger partial charge is 0.260 e. The summed E-state index contributed by atoms with van der Waals surface area (Å²) in [5, 5.41) is 1.12. The van der Waals surface area contributed by atoms with Crippen molar-refractivity contribution in [2.75, 3.05) is 7.11 Å². The second-order valence-electron chi connectivity index (χ2n) is 6.85. The van der Waals surface area contributed by atoms with E-state index in [4.69, 9.17) is 16.3 Å². The summed E-state index contributed by atoms with van der Waals surface area (Å²) < 4.78 is 19.2. The van der Waals surface area contributed by atoms with Crippen LogP contribution in [0.3, 0.4) is 0 Å². The number of aromatic nitrogens is 1. The third-order valence-corrected chi connectivity index (χ3v) is 5.14. The van der Waals surface area contributed by atoms with E-state index in [0.717, 1.165) is 0 Å². The fourth-order valence-electron chi connectivity index (χ4n) is 3.42. The van der Waals surface area contributed by atoms with Crippen molar-refractivity contribution >= 4 is 34.4 Å². The van der Waals surface area contributed by atoms with Gasteiger partial charge in [-0.2, -0.15) is 0 Å². The SMILES string of the molecule is COc1ccc(/C=C/C(=O)c2c(-c3ccccc3)c3cc(Cl)ccc3[nH]c2=O)c(F)c1. The van der Waals surface area contributed by atoms with Gasteiger partial charge in [0.05, 0.1) is 12.7 Å². The number of aromatic amines is 1. The molecule has 0 saturated heterocycles. The highest BCUT2D eigenvalue weighted by atomic mass is 35.5. The highest BCUT2D eigenvalue weighted by Gasteiger charge is 2.19. The van der Waals surface area contributed by atoms with Crippen LogP contribution < -0.4 is 10.3 Å². The van der Waals surface area contributed by atoms with Gasteiger partial charge in [0.15, 0.2) is 5.78 Å². The number of methoxy groups -OCH3 is 1. The van der Waals surface area contributed by atoms with Gasteiger partial charge in [0.2, 0.25) is 0 Å². The minimum Gasteiger partial charge on any atom is -0.497 e. The monoisotopic (exact) mass is 433 g/mol. The molecule has 0 saturated carbocycles. The lowest BCUT2D eigenvalue weighted by Crippen LogP contribution is -2.18. The zero-order valence-corrected chi connectivity index (χ0v) is 17.2. The van der Waals surface area contributed by atoms with Gasteiger partial charge in [0.25, 0.3) is 5.56 Å². The van der Waals surface area contributed by atoms with Crippen molar-refractivity contribution < 1.29 is 13.9 Å². The molecule has 154 valence electrons. The number of carbonyl (C=O) groups excluding carboxylic acids is 1. The van der Waals surface area contributed by atoms with Crippen LogP contribution in [0.4, 0.5) is 4.39 Å². The maximum Gasteiger partial charge on any atom is 0.260 e. The number of ketones is 1. The summed E-state index contributed by atoms with van der Waals surface area (Å²) in [4.78, 5) is 28.7. The molecule has 1 N–H and O–H groups in total. The number of rotatable bonds is 5. The number of carbonyl (C=O) groups is 1. The fourth-order valence-corrected chi connectivity index (χ4v) is 3.60. The summed E-state index contributed by atoms with van der Waals surface area (Å²) in [6.45, 7) is 0. The molecule has 1 heterocycles. The molecule has 4 nitrogen and oxygen atoms in total. The largest absolute Gasteiger partial charge is 0.497 e. The predicted molar refractivity (Wildman–Crippen MR) is 121 cm³/mol. The molecule has 0 aliphatic rings. The van der Waals surface area contributed by atoms with E-state index < -0.39 is 17.2 Å². The lowest BCUT2D eigenvalue weighted by atomic mass is 9.94. The first kappa shape index (κ1) is 20.6. The molecule has 0 radical (unpaired) electrons. The first-order valence-electron chi connectivity index (χ1n) is 9.45. The summed E-state index contributed by atoms with van der Waals surface area (Å²) in [6, 6.07) is 18.5. The Bertz CT molecular complexity index is 1380. The zero-order valence-electron chi connectivity index (χ0n) is 16.5. The van der Waals surface area contributed by atoms with Gasteiger partial charge in [-0.15, -0.1) is 0 Å². The number of allylic oxidation sites excluding steroid dienone is 1. The van der Waals surface area contributed by atoms with E-state index in [0.29, 0.717) is 32.8 Å². The first-order valence-corrected chi connectivity index (χ1v) is 9.82. The Morgan fingerprint density at radius 2 is 1.84 bits per heavy atom. The summed E-state index contributed by atoms with van der Waals surface area (Å²) in [7, 11) is 1.44. The molecule has 0 fully saturated rings. The minimum atomic E-state index is -0.544. The molecule has 6 heteroatoms. The zero-order chi connectivity index (χ0) is 22.0. The molecular formula is C25H17ClFNO3. The third-order valence-electron chi connectivity index (χ3n) is 4.91. The topological polar surface area (TPSA) is 59.2 Å². The molecule has 0 atom stereocenters. The van der Waals surface area contributed by atoms with Crippen molar-refractivity contribution in [1.82, 2.24) is 4.98 Å². The highest BCUT2D eigenvalue weighted by Crippen LogP contribution is 2.31. The molecule has 4 rings (SSSR count). The maximum absolute atomic E-state index is 14.2. The molecule has 0 aliphatic heterocycles. The van der Waals surface area contributed by atoms with Gasteiger partial charge < -0.3 is 9.72 Å². The van der Waals surface area contributed by atoms with E-state index in [-0.39, 0.29) is 11.1 Å². The Balaban J connectivity index is 1.88. The van der Waals surface area contributed by atoms with Gasteiger partial charge in [-0.1, -0.05) is 41.9 Å².